The molecule has 0 unspecified atom stereocenters. The van der Waals surface area contributed by atoms with Gasteiger partial charge in [0.2, 0.25) is 0 Å². The van der Waals surface area contributed by atoms with Crippen LogP contribution in [0.4, 0.5) is 5.82 Å². The van der Waals surface area contributed by atoms with E-state index in [9.17, 15) is 0 Å². The van der Waals surface area contributed by atoms with Gasteiger partial charge in [-0.1, -0.05) is 25.1 Å². The van der Waals surface area contributed by atoms with Crippen molar-refractivity contribution in [1.29, 1.82) is 0 Å². The molecule has 1 aromatic carbocycles. The highest BCUT2D eigenvalue weighted by molar-refractivity contribution is 5.84. The minimum atomic E-state index is 0.434. The number of rotatable bonds is 4. The number of pyridine rings is 3. The van der Waals surface area contributed by atoms with Gasteiger partial charge in [-0.3, -0.25) is 9.55 Å². The van der Waals surface area contributed by atoms with Gasteiger partial charge in [-0.25, -0.2) is 15.0 Å². The molecule has 6 heteroatoms. The maximum atomic E-state index is 6.19. The van der Waals surface area contributed by atoms with Crippen molar-refractivity contribution in [2.45, 2.75) is 13.3 Å². The summed E-state index contributed by atoms with van der Waals surface area (Å²) in [5.41, 5.74) is 12.4. The van der Waals surface area contributed by atoms with Crippen LogP contribution in [0.2, 0.25) is 0 Å². The third kappa shape index (κ3) is 3.08. The summed E-state index contributed by atoms with van der Waals surface area (Å²) in [5.74, 6) is 1.15. The Morgan fingerprint density at radius 2 is 1.63 bits per heavy atom. The molecule has 0 saturated heterocycles. The summed E-state index contributed by atoms with van der Waals surface area (Å²) in [6.45, 7) is 2.14. The van der Waals surface area contributed by atoms with Crippen LogP contribution in [0.15, 0.2) is 79.1 Å². The van der Waals surface area contributed by atoms with Crippen molar-refractivity contribution in [2.75, 3.05) is 5.73 Å². The first-order chi connectivity index (χ1) is 14.7. The summed E-state index contributed by atoms with van der Waals surface area (Å²) in [7, 11) is 0. The van der Waals surface area contributed by atoms with Gasteiger partial charge in [-0.15, -0.1) is 0 Å². The minimum Gasteiger partial charge on any atom is -0.383 e. The van der Waals surface area contributed by atoms with Crippen LogP contribution in [0.25, 0.3) is 39.6 Å². The average molecular weight is 392 g/mol. The number of anilines is 1. The van der Waals surface area contributed by atoms with Crippen molar-refractivity contribution in [3.05, 3.63) is 84.7 Å². The van der Waals surface area contributed by atoms with Crippen LogP contribution in [0.5, 0.6) is 0 Å². The average Bonchev–Trinajstić information content (AvgIpc) is 3.18. The molecule has 0 amide bonds. The zero-order valence-corrected chi connectivity index (χ0v) is 16.5. The monoisotopic (exact) mass is 392 g/mol. The lowest BCUT2D eigenvalue weighted by Gasteiger charge is -2.11. The molecule has 0 fully saturated rings. The fraction of sp³-hybridized carbons (Fsp3) is 0.0833. The van der Waals surface area contributed by atoms with E-state index in [0.29, 0.717) is 11.6 Å². The van der Waals surface area contributed by atoms with Crippen LogP contribution >= 0.6 is 0 Å². The summed E-state index contributed by atoms with van der Waals surface area (Å²) < 4.78 is 2.04. The number of aromatic nitrogens is 5. The van der Waals surface area contributed by atoms with Crippen LogP contribution in [0.3, 0.4) is 0 Å². The van der Waals surface area contributed by atoms with Gasteiger partial charge >= 0.3 is 0 Å². The Labute approximate surface area is 174 Å². The fourth-order valence-electron chi connectivity index (χ4n) is 3.53. The lowest BCUT2D eigenvalue weighted by molar-refractivity contribution is 1.06. The van der Waals surface area contributed by atoms with Gasteiger partial charge in [-0.05, 0) is 60.5 Å². The standard InChI is InChI=1S/C24H20N6/c1-2-16-8-10-17(11-9-16)30-23(18-6-5-15-27-22(18)25)29-21-13-12-20(28-24(21)30)19-7-3-4-14-26-19/h3-15H,2H2,1H3,(H2,25,27). The Bertz CT molecular complexity index is 1320. The Morgan fingerprint density at radius 3 is 2.37 bits per heavy atom. The molecule has 0 aliphatic carbocycles. The van der Waals surface area contributed by atoms with Crippen molar-refractivity contribution < 1.29 is 0 Å². The van der Waals surface area contributed by atoms with Gasteiger partial charge in [0.15, 0.2) is 11.5 Å². The van der Waals surface area contributed by atoms with E-state index in [0.717, 1.165) is 40.2 Å². The molecule has 0 saturated carbocycles. The lowest BCUT2D eigenvalue weighted by atomic mass is 10.1. The smallest absolute Gasteiger partial charge is 0.165 e. The Hall–Kier alpha value is -4.06. The van der Waals surface area contributed by atoms with Crippen molar-refractivity contribution in [2.24, 2.45) is 0 Å². The van der Waals surface area contributed by atoms with Gasteiger partial charge in [0.05, 0.1) is 17.0 Å². The van der Waals surface area contributed by atoms with Crippen LogP contribution in [0, 0.1) is 0 Å². The normalized spacial score (nSPS) is 11.1. The van der Waals surface area contributed by atoms with Crippen LogP contribution < -0.4 is 5.73 Å². The van der Waals surface area contributed by atoms with Crippen molar-refractivity contribution in [3.8, 4) is 28.5 Å². The molecule has 5 rings (SSSR count). The molecule has 2 N–H and O–H groups in total. The van der Waals surface area contributed by atoms with Crippen molar-refractivity contribution in [3.63, 3.8) is 0 Å². The number of aryl methyl sites for hydroxylation is 1. The van der Waals surface area contributed by atoms with E-state index in [1.165, 1.54) is 5.56 Å². The number of hydrogen-bond acceptors (Lipinski definition) is 5. The maximum Gasteiger partial charge on any atom is 0.165 e. The first-order valence-corrected chi connectivity index (χ1v) is 9.85. The Kier molecular flexibility index (Phi) is 4.44. The van der Waals surface area contributed by atoms with Crippen LogP contribution in [-0.2, 0) is 6.42 Å². The van der Waals surface area contributed by atoms with E-state index in [-0.39, 0.29) is 0 Å². The topological polar surface area (TPSA) is 82.5 Å². The predicted molar refractivity (Wildman–Crippen MR) is 119 cm³/mol. The SMILES string of the molecule is CCc1ccc(-n2c(-c3cccnc3N)nc3ccc(-c4ccccn4)nc32)cc1. The molecule has 4 aromatic heterocycles. The molecule has 5 aromatic rings. The molecule has 0 atom stereocenters. The number of hydrogen-bond donors (Lipinski definition) is 1. The summed E-state index contributed by atoms with van der Waals surface area (Å²) in [5, 5.41) is 0. The second kappa shape index (κ2) is 7.40. The number of fused-ring (bicyclic) bond motifs is 1. The fourth-order valence-corrected chi connectivity index (χ4v) is 3.53. The van der Waals surface area contributed by atoms with Gasteiger partial charge in [-0.2, -0.15) is 0 Å². The third-order valence-electron chi connectivity index (χ3n) is 5.11. The molecule has 4 heterocycles. The first kappa shape index (κ1) is 18.0. The van der Waals surface area contributed by atoms with Gasteiger partial charge in [0.1, 0.15) is 11.3 Å². The molecule has 0 spiro atoms. The molecule has 0 radical (unpaired) electrons. The molecular weight excluding hydrogens is 372 g/mol. The molecule has 146 valence electrons. The van der Waals surface area contributed by atoms with Crippen LogP contribution in [0.1, 0.15) is 12.5 Å². The summed E-state index contributed by atoms with van der Waals surface area (Å²) in [4.78, 5) is 18.5. The molecule has 30 heavy (non-hydrogen) atoms. The molecule has 0 aliphatic heterocycles. The second-order valence-corrected chi connectivity index (χ2v) is 6.98. The van der Waals surface area contributed by atoms with E-state index in [4.69, 9.17) is 15.7 Å². The largest absolute Gasteiger partial charge is 0.383 e. The van der Waals surface area contributed by atoms with Crippen molar-refractivity contribution in [1.82, 2.24) is 24.5 Å². The quantitative estimate of drug-likeness (QED) is 0.480. The highest BCUT2D eigenvalue weighted by Gasteiger charge is 2.18. The van der Waals surface area contributed by atoms with E-state index >= 15 is 0 Å². The summed E-state index contributed by atoms with van der Waals surface area (Å²) >= 11 is 0. The number of nitrogens with zero attached hydrogens (tertiary/aromatic N) is 5. The number of nitrogens with two attached hydrogens (primary N) is 1. The zero-order valence-electron chi connectivity index (χ0n) is 16.5. The molecule has 0 bridgehead atoms. The number of nitrogen functional groups attached to an aromatic ring is 1. The third-order valence-corrected chi connectivity index (χ3v) is 5.11. The van der Waals surface area contributed by atoms with E-state index in [1.54, 1.807) is 12.4 Å². The Balaban J connectivity index is 1.79. The van der Waals surface area contributed by atoms with Crippen molar-refractivity contribution >= 4 is 17.0 Å². The maximum absolute atomic E-state index is 6.19. The summed E-state index contributed by atoms with van der Waals surface area (Å²) in [6, 6.07) is 21.9. The zero-order chi connectivity index (χ0) is 20.5. The number of imidazole rings is 1. The molecule has 0 aliphatic rings. The van der Waals surface area contributed by atoms with Gasteiger partial charge < -0.3 is 5.73 Å². The van der Waals surface area contributed by atoms with Gasteiger partial charge in [0.25, 0.3) is 0 Å². The summed E-state index contributed by atoms with van der Waals surface area (Å²) in [6.07, 6.45) is 4.43. The lowest BCUT2D eigenvalue weighted by Crippen LogP contribution is -2.02. The molecular formula is C24H20N6. The molecule has 6 nitrogen and oxygen atoms in total. The van der Waals surface area contributed by atoms with E-state index < -0.39 is 0 Å². The highest BCUT2D eigenvalue weighted by Crippen LogP contribution is 2.31. The van der Waals surface area contributed by atoms with E-state index in [2.05, 4.69) is 41.2 Å². The van der Waals surface area contributed by atoms with Gasteiger partial charge in [0, 0.05) is 18.1 Å². The van der Waals surface area contributed by atoms with Crippen LogP contribution in [-0.4, -0.2) is 24.5 Å². The minimum absolute atomic E-state index is 0.434. The first-order valence-electron chi connectivity index (χ1n) is 9.85. The highest BCUT2D eigenvalue weighted by atomic mass is 15.1. The Morgan fingerprint density at radius 1 is 0.800 bits per heavy atom. The van der Waals surface area contributed by atoms with E-state index in [1.807, 2.05) is 47.0 Å². The second-order valence-electron chi connectivity index (χ2n) is 6.98. The number of benzene rings is 1. The predicted octanol–water partition coefficient (Wildman–Crippen LogP) is 4.69.